The minimum Gasteiger partial charge on any atom is -0.307 e. The summed E-state index contributed by atoms with van der Waals surface area (Å²) >= 11 is 0. The van der Waals surface area contributed by atoms with Crippen LogP contribution in [-0.2, 0) is 4.79 Å². The van der Waals surface area contributed by atoms with Crippen LogP contribution in [0.4, 0.5) is 0 Å². The minimum absolute atomic E-state index is 0.144. The van der Waals surface area contributed by atoms with E-state index in [1.54, 1.807) is 6.92 Å². The molecule has 1 aliphatic carbocycles. The first-order chi connectivity index (χ1) is 5.53. The average molecular weight is 167 g/mol. The third-order valence-corrected chi connectivity index (χ3v) is 3.97. The van der Waals surface area contributed by atoms with E-state index in [1.807, 2.05) is 0 Å². The van der Waals surface area contributed by atoms with Gasteiger partial charge in [-0.1, -0.05) is 13.8 Å². The summed E-state index contributed by atoms with van der Waals surface area (Å²) in [5.41, 5.74) is 0.404. The van der Waals surface area contributed by atoms with Crippen molar-refractivity contribution in [2.24, 2.45) is 17.3 Å². The molecule has 12 heavy (non-hydrogen) atoms. The van der Waals surface area contributed by atoms with Crippen molar-refractivity contribution in [3.63, 3.8) is 0 Å². The molecule has 0 spiro atoms. The average Bonchev–Trinajstić information content (AvgIpc) is 2.04. The number of Topliss-reactive ketones (excluding diaryl/α,β-unsaturated/α-hetero) is 1. The van der Waals surface area contributed by atoms with Gasteiger partial charge in [0.05, 0.1) is 6.04 Å². The van der Waals surface area contributed by atoms with Gasteiger partial charge in [-0.05, 0) is 37.1 Å². The molecule has 0 aromatic rings. The fourth-order valence-corrected chi connectivity index (χ4v) is 2.81. The molecule has 3 fully saturated rings. The summed E-state index contributed by atoms with van der Waals surface area (Å²) in [4.78, 5) is 11.3. The first-order valence-corrected chi connectivity index (χ1v) is 4.77. The number of hydrogen-bond donors (Lipinski definition) is 1. The van der Waals surface area contributed by atoms with Crippen molar-refractivity contribution >= 4 is 5.78 Å². The number of piperidine rings is 2. The van der Waals surface area contributed by atoms with Gasteiger partial charge >= 0.3 is 0 Å². The Morgan fingerprint density at radius 1 is 1.50 bits per heavy atom. The summed E-state index contributed by atoms with van der Waals surface area (Å²) in [7, 11) is 0. The molecular weight excluding hydrogens is 150 g/mol. The van der Waals surface area contributed by atoms with Crippen molar-refractivity contribution in [1.29, 1.82) is 0 Å². The molecule has 2 bridgehead atoms. The fourth-order valence-electron chi connectivity index (χ4n) is 2.81. The van der Waals surface area contributed by atoms with E-state index in [4.69, 9.17) is 0 Å². The molecule has 0 aromatic carbocycles. The van der Waals surface area contributed by atoms with E-state index in [9.17, 15) is 4.79 Å². The van der Waals surface area contributed by atoms with Crippen LogP contribution in [0.15, 0.2) is 0 Å². The normalized spacial score (nSPS) is 43.4. The number of rotatable bonds is 1. The molecule has 1 saturated carbocycles. The van der Waals surface area contributed by atoms with Crippen LogP contribution >= 0.6 is 0 Å². The van der Waals surface area contributed by atoms with Crippen molar-refractivity contribution in [2.75, 3.05) is 6.54 Å². The van der Waals surface area contributed by atoms with Crippen molar-refractivity contribution in [2.45, 2.75) is 33.2 Å². The standard InChI is InChI=1S/C10H17NO/c1-6(12)9-8-4-7(5-11-9)10(8,2)3/h7-9,11H,4-5H2,1-3H3. The van der Waals surface area contributed by atoms with Gasteiger partial charge in [-0.2, -0.15) is 0 Å². The summed E-state index contributed by atoms with van der Waals surface area (Å²) in [6.07, 6.45) is 1.25. The Hall–Kier alpha value is -0.370. The smallest absolute Gasteiger partial charge is 0.146 e. The van der Waals surface area contributed by atoms with Gasteiger partial charge in [-0.3, -0.25) is 4.79 Å². The molecule has 68 valence electrons. The summed E-state index contributed by atoms with van der Waals surface area (Å²) in [5, 5.41) is 3.32. The summed E-state index contributed by atoms with van der Waals surface area (Å²) in [6, 6.07) is 0.144. The van der Waals surface area contributed by atoms with Crippen molar-refractivity contribution in [1.82, 2.24) is 5.32 Å². The lowest BCUT2D eigenvalue weighted by Crippen LogP contribution is -2.65. The third-order valence-electron chi connectivity index (χ3n) is 3.97. The lowest BCUT2D eigenvalue weighted by atomic mass is 9.50. The largest absolute Gasteiger partial charge is 0.307 e. The molecule has 2 saturated heterocycles. The minimum atomic E-state index is 0.144. The molecule has 2 aliphatic heterocycles. The van der Waals surface area contributed by atoms with Crippen molar-refractivity contribution in [3.8, 4) is 0 Å². The van der Waals surface area contributed by atoms with Gasteiger partial charge < -0.3 is 5.32 Å². The van der Waals surface area contributed by atoms with Gasteiger partial charge in [-0.25, -0.2) is 0 Å². The lowest BCUT2D eigenvalue weighted by molar-refractivity contribution is -0.134. The molecule has 0 radical (unpaired) electrons. The first-order valence-electron chi connectivity index (χ1n) is 4.77. The van der Waals surface area contributed by atoms with E-state index < -0.39 is 0 Å². The maximum Gasteiger partial charge on any atom is 0.146 e. The Bertz CT molecular complexity index is 220. The summed E-state index contributed by atoms with van der Waals surface area (Å²) in [6.45, 7) is 7.32. The van der Waals surface area contributed by atoms with Gasteiger partial charge in [0.15, 0.2) is 0 Å². The fraction of sp³-hybridized carbons (Fsp3) is 0.900. The number of hydrogen-bond acceptors (Lipinski definition) is 2. The zero-order chi connectivity index (χ0) is 8.93. The van der Waals surface area contributed by atoms with Gasteiger partial charge in [-0.15, -0.1) is 0 Å². The van der Waals surface area contributed by atoms with Crippen LogP contribution in [0.1, 0.15) is 27.2 Å². The zero-order valence-electron chi connectivity index (χ0n) is 8.05. The van der Waals surface area contributed by atoms with Crippen LogP contribution in [-0.4, -0.2) is 18.4 Å². The van der Waals surface area contributed by atoms with Crippen LogP contribution in [0, 0.1) is 17.3 Å². The van der Waals surface area contributed by atoms with Crippen LogP contribution in [0.2, 0.25) is 0 Å². The third kappa shape index (κ3) is 0.875. The Morgan fingerprint density at radius 2 is 2.17 bits per heavy atom. The van der Waals surface area contributed by atoms with E-state index in [0.29, 0.717) is 17.1 Å². The SMILES string of the molecule is CC(=O)C1NCC2CC1C2(C)C. The van der Waals surface area contributed by atoms with Crippen molar-refractivity contribution in [3.05, 3.63) is 0 Å². The molecule has 0 amide bonds. The van der Waals surface area contributed by atoms with E-state index in [0.717, 1.165) is 12.5 Å². The topological polar surface area (TPSA) is 29.1 Å². The molecule has 3 atom stereocenters. The van der Waals surface area contributed by atoms with Gasteiger partial charge in [0, 0.05) is 0 Å². The highest BCUT2D eigenvalue weighted by Gasteiger charge is 2.55. The molecule has 3 rings (SSSR count). The molecule has 3 unspecified atom stereocenters. The quantitative estimate of drug-likeness (QED) is 0.636. The number of ketones is 1. The van der Waals surface area contributed by atoms with Crippen LogP contribution in [0.5, 0.6) is 0 Å². The Morgan fingerprint density at radius 3 is 2.50 bits per heavy atom. The highest BCUT2D eigenvalue weighted by molar-refractivity contribution is 5.82. The first kappa shape index (κ1) is 8.24. The zero-order valence-corrected chi connectivity index (χ0v) is 8.05. The molecule has 2 heteroatoms. The van der Waals surface area contributed by atoms with E-state index in [2.05, 4.69) is 19.2 Å². The highest BCUT2D eigenvalue weighted by atomic mass is 16.1. The second kappa shape index (κ2) is 2.32. The Kier molecular flexibility index (Phi) is 1.59. The van der Waals surface area contributed by atoms with Gasteiger partial charge in [0.1, 0.15) is 5.78 Å². The summed E-state index contributed by atoms with van der Waals surface area (Å²) in [5.74, 6) is 1.71. The number of carbonyl (C=O) groups is 1. The summed E-state index contributed by atoms with van der Waals surface area (Å²) < 4.78 is 0. The van der Waals surface area contributed by atoms with E-state index >= 15 is 0 Å². The van der Waals surface area contributed by atoms with Gasteiger partial charge in [0.25, 0.3) is 0 Å². The monoisotopic (exact) mass is 167 g/mol. The van der Waals surface area contributed by atoms with Crippen LogP contribution in [0.25, 0.3) is 0 Å². The second-order valence-electron chi connectivity index (χ2n) is 4.86. The predicted octanol–water partition coefficient (Wildman–Crippen LogP) is 1.21. The van der Waals surface area contributed by atoms with E-state index in [-0.39, 0.29) is 6.04 Å². The number of carbonyl (C=O) groups excluding carboxylic acids is 1. The Balaban J connectivity index is 2.16. The number of fused-ring (bicyclic) bond motifs is 2. The molecule has 1 N–H and O–H groups in total. The Labute approximate surface area is 73.7 Å². The van der Waals surface area contributed by atoms with Crippen LogP contribution < -0.4 is 5.32 Å². The molecule has 0 aromatic heterocycles. The molecule has 3 aliphatic rings. The maximum atomic E-state index is 11.3. The highest BCUT2D eigenvalue weighted by Crippen LogP contribution is 2.55. The van der Waals surface area contributed by atoms with E-state index in [1.165, 1.54) is 6.42 Å². The maximum absolute atomic E-state index is 11.3. The molecule has 2 nitrogen and oxygen atoms in total. The van der Waals surface area contributed by atoms with Crippen LogP contribution in [0.3, 0.4) is 0 Å². The molecular formula is C10H17NO. The molecule has 2 heterocycles. The predicted molar refractivity (Wildman–Crippen MR) is 47.8 cm³/mol. The number of nitrogens with one attached hydrogen (secondary N) is 1. The second-order valence-corrected chi connectivity index (χ2v) is 4.86. The van der Waals surface area contributed by atoms with Gasteiger partial charge in [0.2, 0.25) is 0 Å². The lowest BCUT2D eigenvalue weighted by Gasteiger charge is -2.59. The van der Waals surface area contributed by atoms with Crippen molar-refractivity contribution < 1.29 is 4.79 Å².